The maximum Gasteiger partial charge on any atom is 0.255 e. The quantitative estimate of drug-likeness (QED) is 0.892. The molecule has 0 aromatic heterocycles. The van der Waals surface area contributed by atoms with Gasteiger partial charge in [-0.05, 0) is 31.5 Å². The molecule has 5 nitrogen and oxygen atoms in total. The number of amides is 2. The van der Waals surface area contributed by atoms with Crippen molar-refractivity contribution in [3.8, 4) is 0 Å². The van der Waals surface area contributed by atoms with E-state index in [0.29, 0.717) is 17.7 Å². The average Bonchev–Trinajstić information content (AvgIpc) is 2.91. The van der Waals surface area contributed by atoms with Crippen LogP contribution < -0.4 is 10.6 Å². The molecule has 0 aliphatic carbocycles. The van der Waals surface area contributed by atoms with Crippen LogP contribution in [0, 0.1) is 0 Å². The van der Waals surface area contributed by atoms with Gasteiger partial charge in [0.25, 0.3) is 5.91 Å². The van der Waals surface area contributed by atoms with Gasteiger partial charge in [-0.2, -0.15) is 0 Å². The lowest BCUT2D eigenvalue weighted by Gasteiger charge is -2.15. The summed E-state index contributed by atoms with van der Waals surface area (Å²) < 4.78 is 0. The van der Waals surface area contributed by atoms with Gasteiger partial charge < -0.3 is 15.5 Å². The highest BCUT2D eigenvalue weighted by Crippen LogP contribution is 2.17. The number of benzene rings is 1. The number of rotatable bonds is 4. The van der Waals surface area contributed by atoms with E-state index < -0.39 is 0 Å². The smallest absolute Gasteiger partial charge is 0.255 e. The van der Waals surface area contributed by atoms with Crippen LogP contribution in [0.5, 0.6) is 0 Å². The normalized spacial score (nSPS) is 17.0. The van der Waals surface area contributed by atoms with Gasteiger partial charge in [0.2, 0.25) is 5.91 Å². The molecule has 0 bridgehead atoms. The highest BCUT2D eigenvalue weighted by molar-refractivity contribution is 6.03. The van der Waals surface area contributed by atoms with Gasteiger partial charge in [0.15, 0.2) is 0 Å². The highest BCUT2D eigenvalue weighted by Gasteiger charge is 2.19. The van der Waals surface area contributed by atoms with Crippen LogP contribution in [0.2, 0.25) is 0 Å². The summed E-state index contributed by atoms with van der Waals surface area (Å²) in [5, 5.41) is 6.14. The highest BCUT2D eigenvalue weighted by atomic mass is 35.5. The lowest BCUT2D eigenvalue weighted by atomic mass is 10.1. The van der Waals surface area contributed by atoms with Gasteiger partial charge >= 0.3 is 0 Å². The molecule has 1 aliphatic rings. The fourth-order valence-corrected chi connectivity index (χ4v) is 2.38. The van der Waals surface area contributed by atoms with Crippen LogP contribution in [0.3, 0.4) is 0 Å². The first kappa shape index (κ1) is 17.5. The van der Waals surface area contributed by atoms with Crippen LogP contribution in [0.15, 0.2) is 24.3 Å². The van der Waals surface area contributed by atoms with Crippen molar-refractivity contribution in [1.29, 1.82) is 0 Å². The summed E-state index contributed by atoms with van der Waals surface area (Å²) in [6.45, 7) is 0.980. The SMILES string of the molecule is CN(C)C(=O)c1ccccc1NC(=O)CC1CCCN1.Cl. The minimum atomic E-state index is -0.111. The predicted molar refractivity (Wildman–Crippen MR) is 86.0 cm³/mol. The molecule has 1 aromatic rings. The number of anilines is 1. The molecule has 116 valence electrons. The second-order valence-corrected chi connectivity index (χ2v) is 5.29. The van der Waals surface area contributed by atoms with Crippen molar-refractivity contribution >= 4 is 29.9 Å². The summed E-state index contributed by atoms with van der Waals surface area (Å²) in [4.78, 5) is 25.6. The molecule has 0 radical (unpaired) electrons. The van der Waals surface area contributed by atoms with E-state index in [4.69, 9.17) is 0 Å². The van der Waals surface area contributed by atoms with E-state index in [1.54, 1.807) is 32.3 Å². The Morgan fingerprint density at radius 1 is 1.33 bits per heavy atom. The third-order valence-corrected chi connectivity index (χ3v) is 3.43. The van der Waals surface area contributed by atoms with E-state index in [1.165, 1.54) is 4.90 Å². The largest absolute Gasteiger partial charge is 0.345 e. The molecular formula is C15H22ClN3O2. The van der Waals surface area contributed by atoms with Crippen molar-refractivity contribution in [1.82, 2.24) is 10.2 Å². The summed E-state index contributed by atoms with van der Waals surface area (Å²) in [6.07, 6.45) is 2.60. The van der Waals surface area contributed by atoms with Gasteiger partial charge in [0.1, 0.15) is 0 Å². The third-order valence-electron chi connectivity index (χ3n) is 3.43. The monoisotopic (exact) mass is 311 g/mol. The molecule has 0 spiro atoms. The zero-order valence-electron chi connectivity index (χ0n) is 12.4. The first-order valence-electron chi connectivity index (χ1n) is 6.92. The second-order valence-electron chi connectivity index (χ2n) is 5.29. The van der Waals surface area contributed by atoms with E-state index >= 15 is 0 Å². The summed E-state index contributed by atoms with van der Waals surface area (Å²) in [5.41, 5.74) is 1.10. The molecule has 1 heterocycles. The topological polar surface area (TPSA) is 61.4 Å². The molecule has 2 N–H and O–H groups in total. The first-order valence-corrected chi connectivity index (χ1v) is 6.92. The van der Waals surface area contributed by atoms with Crippen LogP contribution in [0.4, 0.5) is 5.69 Å². The Kier molecular flexibility index (Phi) is 6.65. The van der Waals surface area contributed by atoms with E-state index in [-0.39, 0.29) is 30.3 Å². The molecule has 1 atom stereocenters. The number of hydrogen-bond acceptors (Lipinski definition) is 3. The second kappa shape index (κ2) is 8.00. The van der Waals surface area contributed by atoms with Crippen molar-refractivity contribution in [2.75, 3.05) is 26.0 Å². The number of nitrogens with zero attached hydrogens (tertiary/aromatic N) is 1. The van der Waals surface area contributed by atoms with Crippen LogP contribution in [-0.4, -0.2) is 43.4 Å². The van der Waals surface area contributed by atoms with Crippen molar-refractivity contribution in [3.05, 3.63) is 29.8 Å². The van der Waals surface area contributed by atoms with Crippen LogP contribution in [0.1, 0.15) is 29.6 Å². The van der Waals surface area contributed by atoms with Gasteiger partial charge in [-0.25, -0.2) is 0 Å². The lowest BCUT2D eigenvalue weighted by molar-refractivity contribution is -0.116. The summed E-state index contributed by atoms with van der Waals surface area (Å²) >= 11 is 0. The Balaban J connectivity index is 0.00000220. The Labute approximate surface area is 131 Å². The molecular weight excluding hydrogens is 290 g/mol. The maximum absolute atomic E-state index is 12.1. The van der Waals surface area contributed by atoms with Gasteiger partial charge in [-0.1, -0.05) is 12.1 Å². The van der Waals surface area contributed by atoms with Crippen LogP contribution >= 0.6 is 12.4 Å². The first-order chi connectivity index (χ1) is 9.58. The van der Waals surface area contributed by atoms with E-state index in [2.05, 4.69) is 10.6 Å². The van der Waals surface area contributed by atoms with Gasteiger partial charge in [-0.3, -0.25) is 9.59 Å². The summed E-state index contributed by atoms with van der Waals surface area (Å²) in [7, 11) is 3.40. The third kappa shape index (κ3) is 4.72. The molecule has 1 unspecified atom stereocenters. The minimum Gasteiger partial charge on any atom is -0.345 e. The predicted octanol–water partition coefficient (Wildman–Crippen LogP) is 1.89. The van der Waals surface area contributed by atoms with Crippen molar-refractivity contribution < 1.29 is 9.59 Å². The zero-order chi connectivity index (χ0) is 14.5. The summed E-state index contributed by atoms with van der Waals surface area (Å²) in [5.74, 6) is -0.164. The van der Waals surface area contributed by atoms with Gasteiger partial charge in [0, 0.05) is 26.6 Å². The summed E-state index contributed by atoms with van der Waals surface area (Å²) in [6, 6.07) is 7.36. The number of carbonyl (C=O) groups is 2. The van der Waals surface area contributed by atoms with Gasteiger partial charge in [0.05, 0.1) is 11.3 Å². The van der Waals surface area contributed by atoms with Crippen LogP contribution in [-0.2, 0) is 4.79 Å². The van der Waals surface area contributed by atoms with Crippen molar-refractivity contribution in [2.45, 2.75) is 25.3 Å². The van der Waals surface area contributed by atoms with E-state index in [0.717, 1.165) is 19.4 Å². The standard InChI is InChI=1S/C15H21N3O2.ClH/c1-18(2)15(20)12-7-3-4-8-13(12)17-14(19)10-11-6-5-9-16-11;/h3-4,7-8,11,16H,5-6,9-10H2,1-2H3,(H,17,19);1H. The van der Waals surface area contributed by atoms with Gasteiger partial charge in [-0.15, -0.1) is 12.4 Å². The van der Waals surface area contributed by atoms with E-state index in [1.807, 2.05) is 6.07 Å². The fourth-order valence-electron chi connectivity index (χ4n) is 2.38. The van der Waals surface area contributed by atoms with Crippen molar-refractivity contribution in [2.24, 2.45) is 0 Å². The van der Waals surface area contributed by atoms with E-state index in [9.17, 15) is 9.59 Å². The molecule has 2 rings (SSSR count). The Morgan fingerprint density at radius 2 is 2.05 bits per heavy atom. The lowest BCUT2D eigenvalue weighted by Crippen LogP contribution is -2.28. The number of halogens is 1. The number of nitrogens with one attached hydrogen (secondary N) is 2. The molecule has 21 heavy (non-hydrogen) atoms. The number of hydrogen-bond donors (Lipinski definition) is 2. The Morgan fingerprint density at radius 3 is 2.67 bits per heavy atom. The molecule has 1 fully saturated rings. The van der Waals surface area contributed by atoms with Crippen LogP contribution in [0.25, 0.3) is 0 Å². The average molecular weight is 312 g/mol. The molecule has 0 saturated carbocycles. The zero-order valence-corrected chi connectivity index (χ0v) is 13.2. The number of para-hydroxylation sites is 1. The molecule has 1 saturated heterocycles. The number of carbonyl (C=O) groups excluding carboxylic acids is 2. The molecule has 1 aliphatic heterocycles. The minimum absolute atomic E-state index is 0. The maximum atomic E-state index is 12.1. The fraction of sp³-hybridized carbons (Fsp3) is 0.467. The Hall–Kier alpha value is -1.59. The molecule has 6 heteroatoms. The Bertz CT molecular complexity index is 499. The van der Waals surface area contributed by atoms with Crippen molar-refractivity contribution in [3.63, 3.8) is 0 Å². The molecule has 2 amide bonds. The molecule has 1 aromatic carbocycles.